The fourth-order valence-electron chi connectivity index (χ4n) is 3.39. The standard InChI is InChI=1S/C18H22F3NO3/c1-3-25-16(24)17(11-7-10-14(17)23)15(18(19,20)21)22-12(2)13-8-5-4-6-9-13/h4-6,8-9,12,15,22H,3,7,10-11H2,1-2H3/t12-,15-,17-/m1/s1. The highest BCUT2D eigenvalue weighted by molar-refractivity contribution is 6.06. The zero-order chi connectivity index (χ0) is 18.7. The summed E-state index contributed by atoms with van der Waals surface area (Å²) in [7, 11) is 0. The molecule has 3 atom stereocenters. The van der Waals surface area contributed by atoms with Crippen molar-refractivity contribution < 1.29 is 27.5 Å². The van der Waals surface area contributed by atoms with Gasteiger partial charge in [0.25, 0.3) is 0 Å². The van der Waals surface area contributed by atoms with Crippen LogP contribution < -0.4 is 5.32 Å². The molecule has 25 heavy (non-hydrogen) atoms. The van der Waals surface area contributed by atoms with Crippen LogP contribution in [0.15, 0.2) is 30.3 Å². The second-order valence-corrected chi connectivity index (χ2v) is 6.24. The Balaban J connectivity index is 2.40. The lowest BCUT2D eigenvalue weighted by molar-refractivity contribution is -0.200. The summed E-state index contributed by atoms with van der Waals surface area (Å²) in [6, 6.07) is 5.61. The van der Waals surface area contributed by atoms with Crippen LogP contribution in [-0.4, -0.2) is 30.6 Å². The number of ether oxygens (including phenoxy) is 1. The maximum atomic E-state index is 13.8. The van der Waals surface area contributed by atoms with Crippen LogP contribution in [-0.2, 0) is 14.3 Å². The van der Waals surface area contributed by atoms with E-state index in [4.69, 9.17) is 4.74 Å². The first-order valence-electron chi connectivity index (χ1n) is 8.31. The van der Waals surface area contributed by atoms with Gasteiger partial charge in [-0.25, -0.2) is 0 Å². The van der Waals surface area contributed by atoms with Crippen molar-refractivity contribution in [3.63, 3.8) is 0 Å². The van der Waals surface area contributed by atoms with Crippen LogP contribution >= 0.6 is 0 Å². The first-order chi connectivity index (χ1) is 11.7. The maximum Gasteiger partial charge on any atom is 0.405 e. The molecule has 1 aliphatic rings. The van der Waals surface area contributed by atoms with E-state index in [-0.39, 0.29) is 25.9 Å². The van der Waals surface area contributed by atoms with E-state index in [1.165, 1.54) is 6.92 Å². The lowest BCUT2D eigenvalue weighted by atomic mass is 9.76. The van der Waals surface area contributed by atoms with Crippen LogP contribution in [0.5, 0.6) is 0 Å². The van der Waals surface area contributed by atoms with Crippen molar-refractivity contribution in [2.24, 2.45) is 5.41 Å². The minimum Gasteiger partial charge on any atom is -0.465 e. The molecule has 1 fully saturated rings. The molecule has 4 nitrogen and oxygen atoms in total. The van der Waals surface area contributed by atoms with Crippen molar-refractivity contribution in [3.05, 3.63) is 35.9 Å². The molecule has 7 heteroatoms. The number of rotatable bonds is 6. The number of hydrogen-bond acceptors (Lipinski definition) is 4. The summed E-state index contributed by atoms with van der Waals surface area (Å²) in [5.41, 5.74) is -1.57. The summed E-state index contributed by atoms with van der Waals surface area (Å²) < 4.78 is 46.4. The van der Waals surface area contributed by atoms with E-state index in [1.807, 2.05) is 0 Å². The largest absolute Gasteiger partial charge is 0.465 e. The van der Waals surface area contributed by atoms with Gasteiger partial charge in [-0.3, -0.25) is 14.9 Å². The average Bonchev–Trinajstić information content (AvgIpc) is 2.94. The van der Waals surface area contributed by atoms with Crippen LogP contribution in [0.25, 0.3) is 0 Å². The molecule has 0 unspecified atom stereocenters. The predicted molar refractivity (Wildman–Crippen MR) is 85.8 cm³/mol. The van der Waals surface area contributed by atoms with Gasteiger partial charge in [0.05, 0.1) is 6.61 Å². The average molecular weight is 357 g/mol. The molecule has 2 rings (SSSR count). The van der Waals surface area contributed by atoms with Crippen molar-refractivity contribution in [1.29, 1.82) is 0 Å². The summed E-state index contributed by atoms with van der Waals surface area (Å²) in [6.45, 7) is 3.01. The number of benzene rings is 1. The van der Waals surface area contributed by atoms with Crippen molar-refractivity contribution in [2.75, 3.05) is 6.61 Å². The topological polar surface area (TPSA) is 55.4 Å². The number of alkyl halides is 3. The molecular weight excluding hydrogens is 335 g/mol. The lowest BCUT2D eigenvalue weighted by Crippen LogP contribution is -2.60. The number of esters is 1. The van der Waals surface area contributed by atoms with Crippen LogP contribution in [0.4, 0.5) is 13.2 Å². The number of carbonyl (C=O) groups excluding carboxylic acids is 2. The van der Waals surface area contributed by atoms with Gasteiger partial charge in [0, 0.05) is 12.5 Å². The zero-order valence-electron chi connectivity index (χ0n) is 14.2. The molecule has 1 N–H and O–H groups in total. The first kappa shape index (κ1) is 19.4. The Labute approximate surface area is 144 Å². The molecule has 0 heterocycles. The smallest absolute Gasteiger partial charge is 0.405 e. The van der Waals surface area contributed by atoms with Crippen molar-refractivity contribution in [1.82, 2.24) is 5.32 Å². The number of ketones is 1. The summed E-state index contributed by atoms with van der Waals surface area (Å²) >= 11 is 0. The monoisotopic (exact) mass is 357 g/mol. The van der Waals surface area contributed by atoms with Gasteiger partial charge in [-0.05, 0) is 32.3 Å². The normalized spacial score (nSPS) is 23.3. The third-order valence-electron chi connectivity index (χ3n) is 4.65. The Morgan fingerprint density at radius 2 is 1.96 bits per heavy atom. The summed E-state index contributed by atoms with van der Waals surface area (Å²) in [5.74, 6) is -1.80. The van der Waals surface area contributed by atoms with Crippen LogP contribution in [0.3, 0.4) is 0 Å². The minimum absolute atomic E-state index is 0.0488. The first-order valence-corrected chi connectivity index (χ1v) is 8.31. The molecule has 0 saturated heterocycles. The second-order valence-electron chi connectivity index (χ2n) is 6.24. The molecule has 0 aliphatic heterocycles. The fourth-order valence-corrected chi connectivity index (χ4v) is 3.39. The molecule has 1 saturated carbocycles. The van der Waals surface area contributed by atoms with Crippen LogP contribution in [0.2, 0.25) is 0 Å². The predicted octanol–water partition coefficient (Wildman–Crippen LogP) is 3.57. The lowest BCUT2D eigenvalue weighted by Gasteiger charge is -2.37. The third kappa shape index (κ3) is 3.86. The molecule has 0 spiro atoms. The molecule has 0 amide bonds. The third-order valence-corrected chi connectivity index (χ3v) is 4.65. The van der Waals surface area contributed by atoms with Crippen molar-refractivity contribution in [2.45, 2.75) is 51.4 Å². The van der Waals surface area contributed by atoms with Crippen LogP contribution in [0, 0.1) is 5.41 Å². The van der Waals surface area contributed by atoms with Gasteiger partial charge < -0.3 is 4.74 Å². The van der Waals surface area contributed by atoms with Gasteiger partial charge >= 0.3 is 12.1 Å². The molecular formula is C18H22F3NO3. The molecule has 138 valence electrons. The van der Waals surface area contributed by atoms with E-state index in [0.717, 1.165) is 0 Å². The minimum atomic E-state index is -4.77. The van der Waals surface area contributed by atoms with E-state index in [0.29, 0.717) is 5.56 Å². The number of hydrogen-bond donors (Lipinski definition) is 1. The van der Waals surface area contributed by atoms with E-state index in [1.54, 1.807) is 37.3 Å². The number of carbonyl (C=O) groups is 2. The van der Waals surface area contributed by atoms with E-state index >= 15 is 0 Å². The Kier molecular flexibility index (Phi) is 5.87. The molecule has 0 radical (unpaired) electrons. The number of halogens is 3. The summed E-state index contributed by atoms with van der Waals surface area (Å²) in [5, 5.41) is 2.48. The molecule has 1 aromatic rings. The van der Waals surface area contributed by atoms with Gasteiger partial charge in [-0.15, -0.1) is 0 Å². The molecule has 0 aromatic heterocycles. The van der Waals surface area contributed by atoms with Crippen molar-refractivity contribution >= 4 is 11.8 Å². The van der Waals surface area contributed by atoms with Gasteiger partial charge in [-0.1, -0.05) is 30.3 Å². The molecule has 1 aliphatic carbocycles. The summed E-state index contributed by atoms with van der Waals surface area (Å²) in [6.07, 6.45) is -4.74. The highest BCUT2D eigenvalue weighted by Gasteiger charge is 2.64. The van der Waals surface area contributed by atoms with E-state index in [2.05, 4.69) is 5.32 Å². The number of Topliss-reactive ketones (excluding diaryl/α,β-unsaturated/α-hetero) is 1. The van der Waals surface area contributed by atoms with E-state index < -0.39 is 35.4 Å². The summed E-state index contributed by atoms with van der Waals surface area (Å²) in [4.78, 5) is 24.8. The molecule has 0 bridgehead atoms. The van der Waals surface area contributed by atoms with Gasteiger partial charge in [0.1, 0.15) is 6.04 Å². The van der Waals surface area contributed by atoms with E-state index in [9.17, 15) is 22.8 Å². The Bertz CT molecular complexity index is 618. The van der Waals surface area contributed by atoms with Gasteiger partial charge in [0.15, 0.2) is 11.2 Å². The Morgan fingerprint density at radius 1 is 1.32 bits per heavy atom. The van der Waals surface area contributed by atoms with Crippen LogP contribution in [0.1, 0.15) is 44.7 Å². The zero-order valence-corrected chi connectivity index (χ0v) is 14.2. The van der Waals surface area contributed by atoms with Crippen molar-refractivity contribution in [3.8, 4) is 0 Å². The SMILES string of the molecule is CCOC(=O)[C@]1([C@@H](N[C@H](C)c2ccccc2)C(F)(F)F)CCCC1=O. The quantitative estimate of drug-likeness (QED) is 0.625. The Morgan fingerprint density at radius 3 is 2.44 bits per heavy atom. The van der Waals surface area contributed by atoms with Gasteiger partial charge in [-0.2, -0.15) is 13.2 Å². The Hall–Kier alpha value is -1.89. The second kappa shape index (κ2) is 7.56. The highest BCUT2D eigenvalue weighted by Crippen LogP contribution is 2.45. The highest BCUT2D eigenvalue weighted by atomic mass is 19.4. The fraction of sp³-hybridized carbons (Fsp3) is 0.556. The molecule has 1 aromatic carbocycles. The van der Waals surface area contributed by atoms with Gasteiger partial charge in [0.2, 0.25) is 0 Å². The maximum absolute atomic E-state index is 13.8. The number of nitrogens with one attached hydrogen (secondary N) is 1.